The quantitative estimate of drug-likeness (QED) is 0.661. The van der Waals surface area contributed by atoms with E-state index in [1.807, 2.05) is 11.9 Å². The van der Waals surface area contributed by atoms with Crippen molar-refractivity contribution in [2.45, 2.75) is 38.8 Å². The van der Waals surface area contributed by atoms with Crippen LogP contribution in [0.25, 0.3) is 0 Å². The predicted molar refractivity (Wildman–Crippen MR) is 57.5 cm³/mol. The molecule has 1 aliphatic carbocycles. The number of esters is 1. The molecule has 0 aromatic carbocycles. The molecule has 0 radical (unpaired) electrons. The summed E-state index contributed by atoms with van der Waals surface area (Å²) < 4.78 is 4.92. The largest absolute Gasteiger partial charge is 0.465 e. The maximum absolute atomic E-state index is 11.4. The smallest absolute Gasteiger partial charge is 0.323 e. The molecule has 1 saturated carbocycles. The van der Waals surface area contributed by atoms with Gasteiger partial charge in [0, 0.05) is 6.54 Å². The van der Waals surface area contributed by atoms with E-state index in [0.29, 0.717) is 19.1 Å². The van der Waals surface area contributed by atoms with Crippen molar-refractivity contribution in [2.24, 2.45) is 5.92 Å². The van der Waals surface area contributed by atoms with Crippen molar-refractivity contribution >= 4 is 5.97 Å². The number of rotatable bonds is 6. The van der Waals surface area contributed by atoms with E-state index in [2.05, 4.69) is 0 Å². The Kier molecular flexibility index (Phi) is 4.54. The first kappa shape index (κ1) is 12.5. The van der Waals surface area contributed by atoms with Gasteiger partial charge in [0.1, 0.15) is 6.04 Å². The summed E-state index contributed by atoms with van der Waals surface area (Å²) in [5.74, 6) is 0.227. The van der Waals surface area contributed by atoms with Crippen LogP contribution < -0.4 is 0 Å². The summed E-state index contributed by atoms with van der Waals surface area (Å²) in [6.45, 7) is 4.55. The highest BCUT2D eigenvalue weighted by Gasteiger charge is 2.32. The molecule has 1 aliphatic rings. The molecule has 1 fully saturated rings. The molecule has 1 rings (SSSR count). The van der Waals surface area contributed by atoms with E-state index in [1.54, 1.807) is 13.8 Å². The summed E-state index contributed by atoms with van der Waals surface area (Å²) in [7, 11) is 1.84. The van der Waals surface area contributed by atoms with Crippen molar-refractivity contribution in [3.8, 4) is 0 Å². The van der Waals surface area contributed by atoms with Crippen LogP contribution in [0, 0.1) is 5.92 Å². The zero-order valence-corrected chi connectivity index (χ0v) is 9.77. The third-order valence-electron chi connectivity index (χ3n) is 2.93. The van der Waals surface area contributed by atoms with E-state index in [4.69, 9.17) is 4.74 Å². The number of aliphatic hydroxyl groups excluding tert-OH is 1. The lowest BCUT2D eigenvalue weighted by Gasteiger charge is -2.25. The van der Waals surface area contributed by atoms with Gasteiger partial charge in [0.25, 0.3) is 0 Å². The highest BCUT2D eigenvalue weighted by Crippen LogP contribution is 2.32. The van der Waals surface area contributed by atoms with Gasteiger partial charge in [-0.2, -0.15) is 0 Å². The number of nitrogens with zero attached hydrogens (tertiary/aromatic N) is 1. The van der Waals surface area contributed by atoms with Gasteiger partial charge in [0.2, 0.25) is 0 Å². The first-order chi connectivity index (χ1) is 7.06. The molecule has 0 amide bonds. The fraction of sp³-hybridized carbons (Fsp3) is 0.909. The van der Waals surface area contributed by atoms with E-state index < -0.39 is 0 Å². The van der Waals surface area contributed by atoms with Crippen LogP contribution in [0.4, 0.5) is 0 Å². The second-order valence-corrected chi connectivity index (χ2v) is 4.27. The summed E-state index contributed by atoms with van der Waals surface area (Å²) in [6.07, 6.45) is 1.93. The molecule has 2 atom stereocenters. The Labute approximate surface area is 91.2 Å². The fourth-order valence-corrected chi connectivity index (χ4v) is 1.53. The molecule has 4 heteroatoms. The third kappa shape index (κ3) is 3.80. The van der Waals surface area contributed by atoms with Crippen LogP contribution in [0.3, 0.4) is 0 Å². The SMILES string of the molecule is CCOC(=O)C(C)N(C)CC(O)C1CC1. The van der Waals surface area contributed by atoms with Gasteiger partial charge in [-0.15, -0.1) is 0 Å². The molecule has 15 heavy (non-hydrogen) atoms. The van der Waals surface area contributed by atoms with Crippen molar-refractivity contribution in [3.05, 3.63) is 0 Å². The Morgan fingerprint density at radius 3 is 2.67 bits per heavy atom. The zero-order chi connectivity index (χ0) is 11.4. The van der Waals surface area contributed by atoms with E-state index in [9.17, 15) is 9.90 Å². The van der Waals surface area contributed by atoms with Gasteiger partial charge in [-0.1, -0.05) is 0 Å². The van der Waals surface area contributed by atoms with E-state index in [-0.39, 0.29) is 18.1 Å². The van der Waals surface area contributed by atoms with Crippen LogP contribution in [0.5, 0.6) is 0 Å². The van der Waals surface area contributed by atoms with Crippen LogP contribution >= 0.6 is 0 Å². The first-order valence-corrected chi connectivity index (χ1v) is 5.61. The minimum Gasteiger partial charge on any atom is -0.465 e. The average Bonchev–Trinajstić information content (AvgIpc) is 2.99. The summed E-state index contributed by atoms with van der Waals surface area (Å²) in [5, 5.41) is 9.73. The molecule has 0 spiro atoms. The molecule has 0 saturated heterocycles. The van der Waals surface area contributed by atoms with Crippen molar-refractivity contribution in [1.82, 2.24) is 4.90 Å². The summed E-state index contributed by atoms with van der Waals surface area (Å²) in [5.41, 5.74) is 0. The molecule has 1 N–H and O–H groups in total. The highest BCUT2D eigenvalue weighted by molar-refractivity contribution is 5.75. The minimum atomic E-state index is -0.299. The second-order valence-electron chi connectivity index (χ2n) is 4.27. The van der Waals surface area contributed by atoms with Crippen molar-refractivity contribution < 1.29 is 14.6 Å². The number of likely N-dealkylation sites (N-methyl/N-ethyl adjacent to an activating group) is 1. The number of aliphatic hydroxyl groups is 1. The van der Waals surface area contributed by atoms with E-state index in [0.717, 1.165) is 12.8 Å². The van der Waals surface area contributed by atoms with Crippen LogP contribution in [0.15, 0.2) is 0 Å². The number of carbonyl (C=O) groups excluding carboxylic acids is 1. The highest BCUT2D eigenvalue weighted by atomic mass is 16.5. The van der Waals surface area contributed by atoms with Crippen molar-refractivity contribution in [2.75, 3.05) is 20.2 Å². The van der Waals surface area contributed by atoms with Gasteiger partial charge in [-0.05, 0) is 39.7 Å². The van der Waals surface area contributed by atoms with Gasteiger partial charge >= 0.3 is 5.97 Å². The lowest BCUT2D eigenvalue weighted by molar-refractivity contribution is -0.148. The molecule has 0 bridgehead atoms. The topological polar surface area (TPSA) is 49.8 Å². The zero-order valence-electron chi connectivity index (χ0n) is 9.77. The summed E-state index contributed by atoms with van der Waals surface area (Å²) >= 11 is 0. The predicted octanol–water partition coefficient (Wildman–Crippen LogP) is 0.641. The molecule has 88 valence electrons. The maximum Gasteiger partial charge on any atom is 0.323 e. The Hall–Kier alpha value is -0.610. The Bertz CT molecular complexity index is 216. The second kappa shape index (κ2) is 5.47. The Morgan fingerprint density at radius 2 is 2.20 bits per heavy atom. The van der Waals surface area contributed by atoms with Gasteiger partial charge in [0.05, 0.1) is 12.7 Å². The molecule has 0 aliphatic heterocycles. The van der Waals surface area contributed by atoms with E-state index >= 15 is 0 Å². The number of carbonyl (C=O) groups is 1. The van der Waals surface area contributed by atoms with E-state index in [1.165, 1.54) is 0 Å². The lowest BCUT2D eigenvalue weighted by atomic mass is 10.2. The standard InChI is InChI=1S/C11H21NO3/c1-4-15-11(14)8(2)12(3)7-10(13)9-5-6-9/h8-10,13H,4-7H2,1-3H3. The van der Waals surface area contributed by atoms with Crippen LogP contribution in [0.1, 0.15) is 26.7 Å². The molecule has 4 nitrogen and oxygen atoms in total. The van der Waals surface area contributed by atoms with Gasteiger partial charge in [0.15, 0.2) is 0 Å². The molecule has 2 unspecified atom stereocenters. The van der Waals surface area contributed by atoms with Gasteiger partial charge < -0.3 is 9.84 Å². The molecule has 0 aromatic rings. The third-order valence-corrected chi connectivity index (χ3v) is 2.93. The van der Waals surface area contributed by atoms with Gasteiger partial charge in [-0.25, -0.2) is 0 Å². The average molecular weight is 215 g/mol. The fourth-order valence-electron chi connectivity index (χ4n) is 1.53. The summed E-state index contributed by atoms with van der Waals surface area (Å²) in [6, 6.07) is -0.279. The Morgan fingerprint density at radius 1 is 1.60 bits per heavy atom. The normalized spacial score (nSPS) is 20.1. The van der Waals surface area contributed by atoms with Crippen LogP contribution in [0.2, 0.25) is 0 Å². The Balaban J connectivity index is 2.30. The maximum atomic E-state index is 11.4. The van der Waals surface area contributed by atoms with Gasteiger partial charge in [-0.3, -0.25) is 9.69 Å². The minimum absolute atomic E-state index is 0.219. The van der Waals surface area contributed by atoms with Crippen LogP contribution in [-0.2, 0) is 9.53 Å². The van der Waals surface area contributed by atoms with Crippen molar-refractivity contribution in [1.29, 1.82) is 0 Å². The monoisotopic (exact) mass is 215 g/mol. The molecular formula is C11H21NO3. The lowest BCUT2D eigenvalue weighted by Crippen LogP contribution is -2.41. The summed E-state index contributed by atoms with van der Waals surface area (Å²) in [4.78, 5) is 13.3. The number of ether oxygens (including phenoxy) is 1. The first-order valence-electron chi connectivity index (χ1n) is 5.61. The molecular weight excluding hydrogens is 194 g/mol. The van der Waals surface area contributed by atoms with Crippen LogP contribution in [-0.4, -0.2) is 48.3 Å². The molecule has 0 aromatic heterocycles. The van der Waals surface area contributed by atoms with Crippen molar-refractivity contribution in [3.63, 3.8) is 0 Å². The number of hydrogen-bond donors (Lipinski definition) is 1. The molecule has 0 heterocycles. The number of hydrogen-bond acceptors (Lipinski definition) is 4.